The second-order valence-electron chi connectivity index (χ2n) is 8.11. The zero-order valence-electron chi connectivity index (χ0n) is 18.4. The maximum absolute atomic E-state index is 12.8. The van der Waals surface area contributed by atoms with Crippen molar-refractivity contribution in [2.45, 2.75) is 71.1 Å². The molecule has 31 heavy (non-hydrogen) atoms. The van der Waals surface area contributed by atoms with Gasteiger partial charge in [-0.2, -0.15) is 0 Å². The fourth-order valence-electron chi connectivity index (χ4n) is 2.56. The molecule has 9 N–H and O–H groups in total. The van der Waals surface area contributed by atoms with Gasteiger partial charge in [0.05, 0.1) is 12.6 Å². The van der Waals surface area contributed by atoms with Crippen molar-refractivity contribution in [3.63, 3.8) is 0 Å². The number of primary amides is 1. The number of hydrogen-bond acceptors (Lipinski definition) is 7. The van der Waals surface area contributed by atoms with Crippen molar-refractivity contribution in [2.75, 3.05) is 6.61 Å². The minimum atomic E-state index is -1.53. The summed E-state index contributed by atoms with van der Waals surface area (Å²) in [4.78, 5) is 59.8. The second-order valence-corrected chi connectivity index (χ2v) is 8.11. The van der Waals surface area contributed by atoms with E-state index in [4.69, 9.17) is 21.7 Å². The molecule has 0 saturated carbocycles. The van der Waals surface area contributed by atoms with Crippen LogP contribution in [0.25, 0.3) is 0 Å². The van der Waals surface area contributed by atoms with Crippen molar-refractivity contribution >= 4 is 29.6 Å². The molecule has 4 atom stereocenters. The van der Waals surface area contributed by atoms with Crippen LogP contribution in [0.1, 0.15) is 47.0 Å². The molecule has 4 unspecified atom stereocenters. The largest absolute Gasteiger partial charge is 0.480 e. The summed E-state index contributed by atoms with van der Waals surface area (Å²) in [6.07, 6.45) is -0.138. The number of carboxylic acids is 1. The Hall–Kier alpha value is -2.73. The van der Waals surface area contributed by atoms with Gasteiger partial charge >= 0.3 is 5.97 Å². The molecule has 12 nitrogen and oxygen atoms in total. The molecule has 0 heterocycles. The van der Waals surface area contributed by atoms with Gasteiger partial charge in [-0.15, -0.1) is 0 Å². The first-order valence-electron chi connectivity index (χ1n) is 10.1. The SMILES string of the molecule is CC(C)CC(NC(=O)C(CCC(N)=O)NC(=O)C(N)C(C)C)C(=O)NC(CO)C(=O)O. The molecule has 0 aliphatic rings. The lowest BCUT2D eigenvalue weighted by atomic mass is 10.0. The highest BCUT2D eigenvalue weighted by atomic mass is 16.4. The Kier molecular flexibility index (Phi) is 12.4. The van der Waals surface area contributed by atoms with Crippen LogP contribution < -0.4 is 27.4 Å². The Bertz CT molecular complexity index is 654. The van der Waals surface area contributed by atoms with E-state index in [0.29, 0.717) is 0 Å². The van der Waals surface area contributed by atoms with Gasteiger partial charge in [-0.05, 0) is 24.7 Å². The van der Waals surface area contributed by atoms with E-state index in [-0.39, 0.29) is 31.1 Å². The van der Waals surface area contributed by atoms with Gasteiger partial charge in [0.25, 0.3) is 0 Å². The molecular weight excluding hydrogens is 410 g/mol. The van der Waals surface area contributed by atoms with Crippen LogP contribution in [0.4, 0.5) is 0 Å². The van der Waals surface area contributed by atoms with Crippen molar-refractivity contribution in [1.82, 2.24) is 16.0 Å². The predicted octanol–water partition coefficient (Wildman–Crippen LogP) is -2.19. The topological polar surface area (TPSA) is 214 Å². The lowest BCUT2D eigenvalue weighted by Crippen LogP contribution is -2.58. The number of carboxylic acid groups (broad SMARTS) is 1. The number of hydrogen-bond donors (Lipinski definition) is 7. The third-order valence-electron chi connectivity index (χ3n) is 4.47. The highest BCUT2D eigenvalue weighted by Crippen LogP contribution is 2.08. The van der Waals surface area contributed by atoms with Crippen LogP contribution in [0.3, 0.4) is 0 Å². The number of rotatable bonds is 14. The van der Waals surface area contributed by atoms with Crippen molar-refractivity contribution in [3.8, 4) is 0 Å². The monoisotopic (exact) mass is 445 g/mol. The van der Waals surface area contributed by atoms with Crippen LogP contribution in [0.5, 0.6) is 0 Å². The normalized spacial score (nSPS) is 15.0. The first-order valence-corrected chi connectivity index (χ1v) is 10.1. The second kappa shape index (κ2) is 13.5. The molecule has 0 fully saturated rings. The number of aliphatic carboxylic acids is 1. The lowest BCUT2D eigenvalue weighted by molar-refractivity contribution is -0.143. The van der Waals surface area contributed by atoms with Crippen molar-refractivity contribution in [2.24, 2.45) is 23.3 Å². The molecule has 0 saturated heterocycles. The Morgan fingerprint density at radius 3 is 1.74 bits per heavy atom. The molecule has 0 aromatic rings. The molecule has 0 aromatic carbocycles. The van der Waals surface area contributed by atoms with Gasteiger partial charge in [0, 0.05) is 6.42 Å². The Labute approximate surface area is 181 Å². The molecule has 0 rings (SSSR count). The zero-order valence-corrected chi connectivity index (χ0v) is 18.4. The Morgan fingerprint density at radius 1 is 0.839 bits per heavy atom. The molecule has 0 spiro atoms. The van der Waals surface area contributed by atoms with Crippen molar-refractivity contribution in [1.29, 1.82) is 0 Å². The van der Waals surface area contributed by atoms with Gasteiger partial charge in [-0.1, -0.05) is 27.7 Å². The Balaban J connectivity index is 5.48. The summed E-state index contributed by atoms with van der Waals surface area (Å²) in [6, 6.07) is -4.74. The third kappa shape index (κ3) is 10.7. The van der Waals surface area contributed by atoms with Crippen LogP contribution in [-0.2, 0) is 24.0 Å². The Morgan fingerprint density at radius 2 is 1.32 bits per heavy atom. The quantitative estimate of drug-likeness (QED) is 0.155. The number of amides is 4. The fourth-order valence-corrected chi connectivity index (χ4v) is 2.56. The maximum Gasteiger partial charge on any atom is 0.328 e. The molecule has 0 bridgehead atoms. The van der Waals surface area contributed by atoms with Gasteiger partial charge in [-0.25, -0.2) is 4.79 Å². The van der Waals surface area contributed by atoms with Crippen LogP contribution in [0.2, 0.25) is 0 Å². The highest BCUT2D eigenvalue weighted by Gasteiger charge is 2.31. The number of nitrogens with two attached hydrogens (primary N) is 2. The van der Waals surface area contributed by atoms with E-state index in [1.165, 1.54) is 0 Å². The number of nitrogens with one attached hydrogen (secondary N) is 3. The molecular formula is C19H35N5O7. The van der Waals surface area contributed by atoms with E-state index < -0.39 is 60.4 Å². The minimum Gasteiger partial charge on any atom is -0.480 e. The average molecular weight is 446 g/mol. The summed E-state index contributed by atoms with van der Waals surface area (Å²) in [7, 11) is 0. The van der Waals surface area contributed by atoms with E-state index >= 15 is 0 Å². The number of aliphatic hydroxyl groups is 1. The van der Waals surface area contributed by atoms with Gasteiger partial charge in [-0.3, -0.25) is 19.2 Å². The predicted molar refractivity (Wildman–Crippen MR) is 111 cm³/mol. The molecule has 0 aromatic heterocycles. The maximum atomic E-state index is 12.8. The fraction of sp³-hybridized carbons (Fsp3) is 0.737. The minimum absolute atomic E-state index is 0.0542. The van der Waals surface area contributed by atoms with Crippen LogP contribution in [-0.4, -0.2) is 70.6 Å². The highest BCUT2D eigenvalue weighted by molar-refractivity contribution is 5.94. The zero-order chi connectivity index (χ0) is 24.3. The van der Waals surface area contributed by atoms with E-state index in [2.05, 4.69) is 16.0 Å². The molecule has 178 valence electrons. The van der Waals surface area contributed by atoms with Crippen molar-refractivity contribution < 1.29 is 34.2 Å². The number of carbonyl (C=O) groups is 5. The molecule has 4 amide bonds. The first-order chi connectivity index (χ1) is 14.3. The summed E-state index contributed by atoms with van der Waals surface area (Å²) in [6.45, 7) is 6.22. The first kappa shape index (κ1) is 28.3. The molecule has 12 heteroatoms. The summed E-state index contributed by atoms with van der Waals surface area (Å²) < 4.78 is 0. The summed E-state index contributed by atoms with van der Waals surface area (Å²) >= 11 is 0. The molecule has 0 aliphatic heterocycles. The van der Waals surface area contributed by atoms with E-state index in [0.717, 1.165) is 0 Å². The smallest absolute Gasteiger partial charge is 0.328 e. The average Bonchev–Trinajstić information content (AvgIpc) is 2.66. The summed E-state index contributed by atoms with van der Waals surface area (Å²) in [5, 5.41) is 25.2. The van der Waals surface area contributed by atoms with Gasteiger partial charge < -0.3 is 37.6 Å². The number of carbonyl (C=O) groups excluding carboxylic acids is 4. The van der Waals surface area contributed by atoms with Gasteiger partial charge in [0.1, 0.15) is 18.1 Å². The van der Waals surface area contributed by atoms with Gasteiger partial charge in [0.15, 0.2) is 0 Å². The van der Waals surface area contributed by atoms with E-state index in [1.807, 2.05) is 0 Å². The van der Waals surface area contributed by atoms with E-state index in [1.54, 1.807) is 27.7 Å². The van der Waals surface area contributed by atoms with Crippen LogP contribution >= 0.6 is 0 Å². The molecule has 0 aliphatic carbocycles. The lowest BCUT2D eigenvalue weighted by Gasteiger charge is -2.26. The van der Waals surface area contributed by atoms with Gasteiger partial charge in [0.2, 0.25) is 23.6 Å². The van der Waals surface area contributed by atoms with Crippen molar-refractivity contribution in [3.05, 3.63) is 0 Å². The van der Waals surface area contributed by atoms with Crippen LogP contribution in [0, 0.1) is 11.8 Å². The van der Waals surface area contributed by atoms with E-state index in [9.17, 15) is 24.0 Å². The molecule has 0 radical (unpaired) electrons. The summed E-state index contributed by atoms with van der Waals surface area (Å²) in [5.41, 5.74) is 10.9. The van der Waals surface area contributed by atoms with Crippen LogP contribution in [0.15, 0.2) is 0 Å². The summed E-state index contributed by atoms with van der Waals surface area (Å²) in [5.74, 6) is -4.52. The standard InChI is InChI=1S/C19H35N5O7/c1-9(2)7-12(17(28)24-13(8-25)19(30)31)23-16(27)11(5-6-14(20)26)22-18(29)15(21)10(3)4/h9-13,15,25H,5-8,21H2,1-4H3,(H2,20,26)(H,22,29)(H,23,27)(H,24,28)(H,30,31). The third-order valence-corrected chi connectivity index (χ3v) is 4.47. The number of aliphatic hydroxyl groups excluding tert-OH is 1.